The highest BCUT2D eigenvalue weighted by atomic mass is 79.9. The zero-order valence-corrected chi connectivity index (χ0v) is 13.0. The molecule has 1 amide bonds. The molecule has 3 nitrogen and oxygen atoms in total. The van der Waals surface area contributed by atoms with E-state index in [0.717, 1.165) is 27.0 Å². The van der Waals surface area contributed by atoms with Crippen molar-refractivity contribution in [2.45, 2.75) is 13.3 Å². The van der Waals surface area contributed by atoms with Gasteiger partial charge in [0.2, 0.25) is 5.91 Å². The second-order valence-corrected chi connectivity index (χ2v) is 5.45. The monoisotopic (exact) mass is 333 g/mol. The largest absolute Gasteiger partial charge is 0.497 e. The molecule has 0 heterocycles. The van der Waals surface area contributed by atoms with E-state index in [1.54, 1.807) is 7.11 Å². The second-order valence-electron chi connectivity index (χ2n) is 4.54. The molecule has 0 bridgehead atoms. The molecule has 0 saturated carbocycles. The molecule has 0 spiro atoms. The van der Waals surface area contributed by atoms with E-state index >= 15 is 0 Å². The zero-order chi connectivity index (χ0) is 14.5. The molecule has 104 valence electrons. The number of amides is 1. The normalized spacial score (nSPS) is 10.2. The number of anilines is 1. The van der Waals surface area contributed by atoms with Gasteiger partial charge in [0.05, 0.1) is 13.5 Å². The molecule has 20 heavy (non-hydrogen) atoms. The quantitative estimate of drug-likeness (QED) is 0.919. The lowest BCUT2D eigenvalue weighted by atomic mass is 10.1. The highest BCUT2D eigenvalue weighted by Gasteiger charge is 2.07. The summed E-state index contributed by atoms with van der Waals surface area (Å²) in [6.45, 7) is 1.97. The average Bonchev–Trinajstić information content (AvgIpc) is 2.43. The van der Waals surface area contributed by atoms with Gasteiger partial charge in [-0.3, -0.25) is 4.79 Å². The second kappa shape index (κ2) is 6.57. The molecule has 0 radical (unpaired) electrons. The minimum Gasteiger partial charge on any atom is -0.497 e. The van der Waals surface area contributed by atoms with Crippen LogP contribution in [0.25, 0.3) is 0 Å². The van der Waals surface area contributed by atoms with Crippen LogP contribution in [0.5, 0.6) is 5.75 Å². The van der Waals surface area contributed by atoms with Crippen molar-refractivity contribution in [3.05, 3.63) is 58.1 Å². The van der Waals surface area contributed by atoms with Crippen LogP contribution in [0.2, 0.25) is 0 Å². The zero-order valence-electron chi connectivity index (χ0n) is 11.4. The Morgan fingerprint density at radius 3 is 2.80 bits per heavy atom. The number of ether oxygens (including phenoxy) is 1. The van der Waals surface area contributed by atoms with Crippen molar-refractivity contribution in [3.8, 4) is 5.75 Å². The van der Waals surface area contributed by atoms with Crippen LogP contribution in [0.1, 0.15) is 11.1 Å². The Morgan fingerprint density at radius 1 is 1.25 bits per heavy atom. The summed E-state index contributed by atoms with van der Waals surface area (Å²) in [4.78, 5) is 12.1. The minimum absolute atomic E-state index is 0.0422. The van der Waals surface area contributed by atoms with E-state index in [-0.39, 0.29) is 5.91 Å². The summed E-state index contributed by atoms with van der Waals surface area (Å²) in [5, 5.41) is 2.93. The van der Waals surface area contributed by atoms with Crippen LogP contribution in [0.4, 0.5) is 5.69 Å². The molecule has 0 fully saturated rings. The molecule has 0 atom stereocenters. The van der Waals surface area contributed by atoms with Crippen molar-refractivity contribution in [1.29, 1.82) is 0 Å². The number of aryl methyl sites for hydroxylation is 1. The fraction of sp³-hybridized carbons (Fsp3) is 0.188. The van der Waals surface area contributed by atoms with Gasteiger partial charge in [-0.2, -0.15) is 0 Å². The number of rotatable bonds is 4. The first kappa shape index (κ1) is 14.6. The Labute approximate surface area is 127 Å². The van der Waals surface area contributed by atoms with Crippen molar-refractivity contribution in [1.82, 2.24) is 0 Å². The van der Waals surface area contributed by atoms with E-state index in [2.05, 4.69) is 21.2 Å². The summed E-state index contributed by atoms with van der Waals surface area (Å²) in [5.74, 6) is 0.716. The van der Waals surface area contributed by atoms with Gasteiger partial charge in [0.1, 0.15) is 5.75 Å². The number of carbonyl (C=O) groups is 1. The Hall–Kier alpha value is -1.81. The molecule has 0 unspecified atom stereocenters. The van der Waals surface area contributed by atoms with Crippen molar-refractivity contribution in [3.63, 3.8) is 0 Å². The summed E-state index contributed by atoms with van der Waals surface area (Å²) in [7, 11) is 1.62. The van der Waals surface area contributed by atoms with E-state index in [9.17, 15) is 4.79 Å². The lowest BCUT2D eigenvalue weighted by Crippen LogP contribution is -2.15. The molecule has 2 aromatic carbocycles. The Kier molecular flexibility index (Phi) is 4.79. The number of hydrogen-bond donors (Lipinski definition) is 1. The standard InChI is InChI=1S/C16H16BrNO2/c1-11-6-7-13(17)10-15(11)18-16(19)9-12-4-3-5-14(8-12)20-2/h3-8,10H,9H2,1-2H3,(H,18,19). The minimum atomic E-state index is -0.0422. The van der Waals surface area contributed by atoms with Gasteiger partial charge in [0.15, 0.2) is 0 Å². The number of nitrogens with one attached hydrogen (secondary N) is 1. The van der Waals surface area contributed by atoms with Crippen LogP contribution >= 0.6 is 15.9 Å². The van der Waals surface area contributed by atoms with Crippen molar-refractivity contribution >= 4 is 27.5 Å². The van der Waals surface area contributed by atoms with Crippen LogP contribution < -0.4 is 10.1 Å². The van der Waals surface area contributed by atoms with Crippen LogP contribution in [0, 0.1) is 6.92 Å². The molecular formula is C16H16BrNO2. The lowest BCUT2D eigenvalue weighted by molar-refractivity contribution is -0.115. The number of benzene rings is 2. The van der Waals surface area contributed by atoms with E-state index in [0.29, 0.717) is 6.42 Å². The van der Waals surface area contributed by atoms with Gasteiger partial charge in [0.25, 0.3) is 0 Å². The fourth-order valence-electron chi connectivity index (χ4n) is 1.89. The van der Waals surface area contributed by atoms with Gasteiger partial charge < -0.3 is 10.1 Å². The van der Waals surface area contributed by atoms with Crippen LogP contribution in [0.3, 0.4) is 0 Å². The van der Waals surface area contributed by atoms with Crippen LogP contribution in [-0.4, -0.2) is 13.0 Å². The molecule has 2 aromatic rings. The highest BCUT2D eigenvalue weighted by molar-refractivity contribution is 9.10. The van der Waals surface area contributed by atoms with Crippen molar-refractivity contribution in [2.24, 2.45) is 0 Å². The van der Waals surface area contributed by atoms with Crippen molar-refractivity contribution in [2.75, 3.05) is 12.4 Å². The van der Waals surface area contributed by atoms with E-state index in [1.807, 2.05) is 49.4 Å². The van der Waals surface area contributed by atoms with Gasteiger partial charge in [-0.05, 0) is 42.3 Å². The number of methoxy groups -OCH3 is 1. The topological polar surface area (TPSA) is 38.3 Å². The lowest BCUT2D eigenvalue weighted by Gasteiger charge is -2.09. The Morgan fingerprint density at radius 2 is 2.05 bits per heavy atom. The van der Waals surface area contributed by atoms with E-state index in [1.165, 1.54) is 0 Å². The van der Waals surface area contributed by atoms with Gasteiger partial charge in [-0.25, -0.2) is 0 Å². The predicted octanol–water partition coefficient (Wildman–Crippen LogP) is 3.95. The van der Waals surface area contributed by atoms with Gasteiger partial charge in [-0.1, -0.05) is 34.1 Å². The third kappa shape index (κ3) is 3.84. The third-order valence-corrected chi connectivity index (χ3v) is 3.47. The molecule has 1 N–H and O–H groups in total. The van der Waals surface area contributed by atoms with Crippen molar-refractivity contribution < 1.29 is 9.53 Å². The SMILES string of the molecule is COc1cccc(CC(=O)Nc2cc(Br)ccc2C)c1. The first-order valence-electron chi connectivity index (χ1n) is 6.27. The van der Waals surface area contributed by atoms with Gasteiger partial charge in [0, 0.05) is 10.2 Å². The Bertz CT molecular complexity index is 626. The predicted molar refractivity (Wildman–Crippen MR) is 84.2 cm³/mol. The number of halogens is 1. The third-order valence-electron chi connectivity index (χ3n) is 2.97. The summed E-state index contributed by atoms with van der Waals surface area (Å²) >= 11 is 3.40. The van der Waals surface area contributed by atoms with Crippen LogP contribution in [-0.2, 0) is 11.2 Å². The first-order chi connectivity index (χ1) is 9.58. The van der Waals surface area contributed by atoms with Gasteiger partial charge in [-0.15, -0.1) is 0 Å². The Balaban J connectivity index is 2.07. The maximum Gasteiger partial charge on any atom is 0.228 e. The number of carbonyl (C=O) groups excluding carboxylic acids is 1. The molecule has 0 aliphatic rings. The first-order valence-corrected chi connectivity index (χ1v) is 7.06. The van der Waals surface area contributed by atoms with E-state index < -0.39 is 0 Å². The van der Waals surface area contributed by atoms with E-state index in [4.69, 9.17) is 4.74 Å². The van der Waals surface area contributed by atoms with Gasteiger partial charge >= 0.3 is 0 Å². The molecule has 0 saturated heterocycles. The average molecular weight is 334 g/mol. The smallest absolute Gasteiger partial charge is 0.228 e. The number of hydrogen-bond acceptors (Lipinski definition) is 2. The molecule has 2 rings (SSSR count). The van der Waals surface area contributed by atoms with Crippen LogP contribution in [0.15, 0.2) is 46.9 Å². The maximum atomic E-state index is 12.1. The fourth-order valence-corrected chi connectivity index (χ4v) is 2.25. The molecular weight excluding hydrogens is 318 g/mol. The summed E-state index contributed by atoms with van der Waals surface area (Å²) in [6.07, 6.45) is 0.323. The molecule has 0 aromatic heterocycles. The summed E-state index contributed by atoms with van der Waals surface area (Å²) < 4.78 is 6.10. The molecule has 4 heteroatoms. The highest BCUT2D eigenvalue weighted by Crippen LogP contribution is 2.21. The summed E-state index contributed by atoms with van der Waals surface area (Å²) in [5.41, 5.74) is 2.79. The molecule has 0 aliphatic heterocycles. The summed E-state index contributed by atoms with van der Waals surface area (Å²) in [6, 6.07) is 13.3. The maximum absolute atomic E-state index is 12.1. The molecule has 0 aliphatic carbocycles.